The summed E-state index contributed by atoms with van der Waals surface area (Å²) < 4.78 is 42.7. The van der Waals surface area contributed by atoms with Gasteiger partial charge in [-0.2, -0.15) is 5.10 Å². The smallest absolute Gasteiger partial charge is 0.406 e. The van der Waals surface area contributed by atoms with Crippen LogP contribution in [0.2, 0.25) is 0 Å². The van der Waals surface area contributed by atoms with E-state index < -0.39 is 12.3 Å². The van der Waals surface area contributed by atoms with E-state index in [4.69, 9.17) is 0 Å². The third kappa shape index (κ3) is 9.41. The largest absolute Gasteiger partial charge is 0.573 e. The average Bonchev–Trinajstić information content (AvgIpc) is 3.50. The van der Waals surface area contributed by atoms with Crippen molar-refractivity contribution in [3.8, 4) is 5.75 Å². The van der Waals surface area contributed by atoms with Crippen LogP contribution in [0, 0.1) is 0 Å². The number of aromatic nitrogens is 4. The molecular weight excluding hydrogens is 549 g/mol. The monoisotopic (exact) mass is 576 g/mol. The number of ether oxygens (including phenoxy) is 1. The number of carbonyl (C=O) groups is 2. The maximum Gasteiger partial charge on any atom is 0.573 e. The minimum Gasteiger partial charge on any atom is -0.406 e. The zero-order valence-electron chi connectivity index (χ0n) is 21.4. The molecule has 0 bridgehead atoms. The number of hydrogen-bond acceptors (Lipinski definition) is 9. The van der Waals surface area contributed by atoms with Gasteiger partial charge in [-0.05, 0) is 55.2 Å². The second-order valence-electron chi connectivity index (χ2n) is 8.86. The first-order valence-electron chi connectivity index (χ1n) is 12.3. The highest BCUT2D eigenvalue weighted by molar-refractivity contribution is 7.15. The molecule has 2 aromatic heterocycles. The van der Waals surface area contributed by atoms with E-state index in [1.165, 1.54) is 29.5 Å². The number of nitrogens with zero attached hydrogens (tertiary/aromatic N) is 4. The Kier molecular flexibility index (Phi) is 9.37. The van der Waals surface area contributed by atoms with Crippen molar-refractivity contribution in [1.82, 2.24) is 36.1 Å². The fraction of sp³-hybridized carbons (Fsp3) is 0.320. The third-order valence-corrected chi connectivity index (χ3v) is 6.39. The molecule has 4 rings (SSSR count). The van der Waals surface area contributed by atoms with Gasteiger partial charge in [0, 0.05) is 25.4 Å². The number of amides is 2. The Morgan fingerprint density at radius 2 is 1.82 bits per heavy atom. The Labute approximate surface area is 231 Å². The third-order valence-electron chi connectivity index (χ3n) is 5.49. The van der Waals surface area contributed by atoms with Crippen molar-refractivity contribution in [3.05, 3.63) is 76.5 Å². The zero-order chi connectivity index (χ0) is 28.5. The van der Waals surface area contributed by atoms with Crippen molar-refractivity contribution < 1.29 is 27.5 Å². The van der Waals surface area contributed by atoms with Crippen LogP contribution in [-0.2, 0) is 35.9 Å². The second-order valence-corrected chi connectivity index (χ2v) is 9.92. The molecule has 0 spiro atoms. The number of allylic oxidation sites excluding steroid dienone is 3. The van der Waals surface area contributed by atoms with Crippen LogP contribution < -0.4 is 26.2 Å². The Morgan fingerprint density at radius 3 is 2.55 bits per heavy atom. The predicted molar refractivity (Wildman–Crippen MR) is 140 cm³/mol. The van der Waals surface area contributed by atoms with Gasteiger partial charge in [0.25, 0.3) is 0 Å². The van der Waals surface area contributed by atoms with Crippen LogP contribution in [0.25, 0.3) is 0 Å². The van der Waals surface area contributed by atoms with Gasteiger partial charge in [0.15, 0.2) is 0 Å². The van der Waals surface area contributed by atoms with Crippen molar-refractivity contribution in [1.29, 1.82) is 0 Å². The number of aryl methyl sites for hydroxylation is 2. The van der Waals surface area contributed by atoms with Gasteiger partial charge in [-0.25, -0.2) is 0 Å². The van der Waals surface area contributed by atoms with Crippen LogP contribution in [0.5, 0.6) is 5.75 Å². The molecule has 1 aliphatic heterocycles. The van der Waals surface area contributed by atoms with Gasteiger partial charge >= 0.3 is 6.36 Å². The maximum atomic E-state index is 12.4. The van der Waals surface area contributed by atoms with E-state index in [0.717, 1.165) is 36.4 Å². The fourth-order valence-corrected chi connectivity index (χ4v) is 4.55. The van der Waals surface area contributed by atoms with Crippen LogP contribution in [0.1, 0.15) is 35.5 Å². The number of nitrogens with one attached hydrogen (secondary N) is 4. The van der Waals surface area contributed by atoms with E-state index in [9.17, 15) is 22.8 Å². The van der Waals surface area contributed by atoms with Crippen molar-refractivity contribution in [2.24, 2.45) is 7.05 Å². The predicted octanol–water partition coefficient (Wildman–Crippen LogP) is 3.26. The highest BCUT2D eigenvalue weighted by Crippen LogP contribution is 2.23. The SMILES string of the molecule is Cn1ccc(CC(=O)Nc2nnc(CCCCC3=CC=C(NC(=O)Cc4cccc(OC(F)(F)F)c4)NN3)s2)n1. The summed E-state index contributed by atoms with van der Waals surface area (Å²) in [5, 5.41) is 19.1. The van der Waals surface area contributed by atoms with Gasteiger partial charge in [-0.3, -0.25) is 19.7 Å². The van der Waals surface area contributed by atoms with Crippen LogP contribution in [0.15, 0.2) is 60.2 Å². The molecule has 0 saturated carbocycles. The number of halogens is 3. The number of alkyl halides is 3. The lowest BCUT2D eigenvalue weighted by Gasteiger charge is -2.20. The molecule has 0 fully saturated rings. The summed E-state index contributed by atoms with van der Waals surface area (Å²) in [6.07, 6.45) is 3.78. The number of benzene rings is 1. The van der Waals surface area contributed by atoms with Gasteiger partial charge in [-0.1, -0.05) is 23.5 Å². The van der Waals surface area contributed by atoms with Crippen molar-refractivity contribution in [2.45, 2.75) is 44.9 Å². The number of rotatable bonds is 12. The van der Waals surface area contributed by atoms with Crippen molar-refractivity contribution in [3.63, 3.8) is 0 Å². The molecule has 0 unspecified atom stereocenters. The Bertz CT molecular complexity index is 1400. The standard InChI is InChI=1S/C25H27F3N8O3S/c1-36-12-11-18(35-36)15-22(38)30-24-34-33-23(40-24)8-3-2-6-17-9-10-20(32-31-17)29-21(37)14-16-5-4-7-19(13-16)39-25(26,27)28/h4-5,7,9-13,31-32H,2-3,6,8,14-15H2,1H3,(H,29,37)(H,30,34,38). The molecule has 15 heteroatoms. The summed E-state index contributed by atoms with van der Waals surface area (Å²) in [5.41, 5.74) is 7.91. The van der Waals surface area contributed by atoms with E-state index in [-0.39, 0.29) is 24.5 Å². The topological polar surface area (TPSA) is 135 Å². The lowest BCUT2D eigenvalue weighted by molar-refractivity contribution is -0.274. The number of anilines is 1. The molecule has 4 N–H and O–H groups in total. The van der Waals surface area contributed by atoms with Crippen LogP contribution in [0.4, 0.5) is 18.3 Å². The average molecular weight is 577 g/mol. The number of carbonyl (C=O) groups excluding carboxylic acids is 2. The first-order chi connectivity index (χ1) is 19.1. The molecule has 3 heterocycles. The molecule has 40 heavy (non-hydrogen) atoms. The maximum absolute atomic E-state index is 12.4. The molecule has 1 aromatic carbocycles. The summed E-state index contributed by atoms with van der Waals surface area (Å²) in [7, 11) is 1.79. The molecule has 212 valence electrons. The van der Waals surface area contributed by atoms with E-state index in [0.29, 0.717) is 22.2 Å². The van der Waals surface area contributed by atoms with E-state index >= 15 is 0 Å². The van der Waals surface area contributed by atoms with E-state index in [1.807, 2.05) is 6.08 Å². The van der Waals surface area contributed by atoms with Crippen LogP contribution >= 0.6 is 11.3 Å². The molecule has 1 aliphatic rings. The summed E-state index contributed by atoms with van der Waals surface area (Å²) in [6, 6.07) is 7.07. The Balaban J connectivity index is 1.15. The first kappa shape index (κ1) is 28.6. The molecular formula is C25H27F3N8O3S. The molecule has 0 atom stereocenters. The van der Waals surface area contributed by atoms with Gasteiger partial charge in [0.1, 0.15) is 16.6 Å². The quantitative estimate of drug-likeness (QED) is 0.242. The fourth-order valence-electron chi connectivity index (χ4n) is 3.75. The molecule has 2 amide bonds. The number of hydrogen-bond donors (Lipinski definition) is 4. The van der Waals surface area contributed by atoms with Crippen LogP contribution in [-0.4, -0.2) is 38.2 Å². The normalized spacial score (nSPS) is 13.0. The highest BCUT2D eigenvalue weighted by Gasteiger charge is 2.31. The van der Waals surface area contributed by atoms with Crippen molar-refractivity contribution in [2.75, 3.05) is 5.32 Å². The molecule has 0 saturated heterocycles. The van der Waals surface area contributed by atoms with Gasteiger partial charge in [0.05, 0.1) is 18.5 Å². The van der Waals surface area contributed by atoms with Crippen molar-refractivity contribution >= 4 is 28.3 Å². The lowest BCUT2D eigenvalue weighted by atomic mass is 10.1. The highest BCUT2D eigenvalue weighted by atomic mass is 32.1. The molecule has 0 radical (unpaired) electrons. The minimum absolute atomic E-state index is 0.119. The number of hydrazine groups is 1. The molecule has 3 aromatic rings. The Hall–Kier alpha value is -4.40. The molecule has 11 nitrogen and oxygen atoms in total. The first-order valence-corrected chi connectivity index (χ1v) is 13.1. The summed E-state index contributed by atoms with van der Waals surface area (Å²) >= 11 is 1.34. The van der Waals surface area contributed by atoms with Gasteiger partial charge in [-0.15, -0.1) is 23.4 Å². The summed E-state index contributed by atoms with van der Waals surface area (Å²) in [4.78, 5) is 24.5. The Morgan fingerprint density at radius 1 is 1.02 bits per heavy atom. The van der Waals surface area contributed by atoms with Crippen LogP contribution in [0.3, 0.4) is 0 Å². The van der Waals surface area contributed by atoms with Gasteiger partial charge in [0.2, 0.25) is 16.9 Å². The lowest BCUT2D eigenvalue weighted by Crippen LogP contribution is -2.41. The van der Waals surface area contributed by atoms with E-state index in [2.05, 4.69) is 41.5 Å². The summed E-state index contributed by atoms with van der Waals surface area (Å²) in [5.74, 6) is -0.552. The molecule has 0 aliphatic carbocycles. The van der Waals surface area contributed by atoms with Gasteiger partial charge < -0.3 is 20.8 Å². The number of unbranched alkanes of at least 4 members (excludes halogenated alkanes) is 1. The zero-order valence-corrected chi connectivity index (χ0v) is 22.2. The van der Waals surface area contributed by atoms with E-state index in [1.54, 1.807) is 36.1 Å². The summed E-state index contributed by atoms with van der Waals surface area (Å²) in [6.45, 7) is 0. The minimum atomic E-state index is -4.80. The second kappa shape index (κ2) is 13.1.